The van der Waals surface area contributed by atoms with Gasteiger partial charge in [0.25, 0.3) is 0 Å². The molecular weight excluding hydrogens is 223 g/mol. The van der Waals surface area contributed by atoms with Crippen molar-refractivity contribution in [1.29, 1.82) is 0 Å². The minimum absolute atomic E-state index is 0.117. The van der Waals surface area contributed by atoms with Gasteiger partial charge >= 0.3 is 12.1 Å². The fourth-order valence-electron chi connectivity index (χ4n) is 1.27. The van der Waals surface area contributed by atoms with Crippen molar-refractivity contribution in [3.05, 3.63) is 0 Å². The van der Waals surface area contributed by atoms with Crippen molar-refractivity contribution in [2.45, 2.75) is 45.3 Å². The molecule has 0 amide bonds. The molecule has 0 aliphatic rings. The minimum atomic E-state index is -4.79. The lowest BCUT2D eigenvalue weighted by molar-refractivity contribution is -0.208. The Kier molecular flexibility index (Phi) is 5.25. The predicted octanol–water partition coefficient (Wildman–Crippen LogP) is 2.25. The van der Waals surface area contributed by atoms with Gasteiger partial charge in [-0.2, -0.15) is 13.2 Å². The van der Waals surface area contributed by atoms with Crippen LogP contribution in [0.5, 0.6) is 0 Å². The van der Waals surface area contributed by atoms with Gasteiger partial charge in [-0.1, -0.05) is 20.3 Å². The molecular formula is C10H18F3NO2. The summed E-state index contributed by atoms with van der Waals surface area (Å²) in [6.45, 7) is 4.69. The summed E-state index contributed by atoms with van der Waals surface area (Å²) >= 11 is 0. The zero-order valence-corrected chi connectivity index (χ0v) is 9.73. The molecule has 3 nitrogen and oxygen atoms in total. The zero-order chi connectivity index (χ0) is 13.0. The van der Waals surface area contributed by atoms with Crippen molar-refractivity contribution in [3.63, 3.8) is 0 Å². The highest BCUT2D eigenvalue weighted by molar-refractivity contribution is 5.81. The highest BCUT2D eigenvalue weighted by atomic mass is 19.4. The number of esters is 1. The Morgan fingerprint density at radius 3 is 2.19 bits per heavy atom. The van der Waals surface area contributed by atoms with E-state index in [0.29, 0.717) is 6.42 Å². The Hall–Kier alpha value is -0.780. The van der Waals surface area contributed by atoms with Gasteiger partial charge in [0.2, 0.25) is 5.54 Å². The van der Waals surface area contributed by atoms with Crippen LogP contribution in [0.4, 0.5) is 13.2 Å². The summed E-state index contributed by atoms with van der Waals surface area (Å²) in [5.41, 5.74) is 2.29. The van der Waals surface area contributed by atoms with Gasteiger partial charge in [-0.25, -0.2) is 4.79 Å². The lowest BCUT2D eigenvalue weighted by Gasteiger charge is -2.31. The van der Waals surface area contributed by atoms with Gasteiger partial charge in [0.1, 0.15) is 0 Å². The van der Waals surface area contributed by atoms with E-state index in [1.54, 1.807) is 13.8 Å². The molecule has 0 heterocycles. The highest BCUT2D eigenvalue weighted by Crippen LogP contribution is 2.35. The number of alkyl halides is 3. The molecule has 0 radical (unpaired) electrons. The first-order valence-corrected chi connectivity index (χ1v) is 5.21. The molecule has 2 N–H and O–H groups in total. The van der Waals surface area contributed by atoms with Crippen LogP contribution in [0.1, 0.15) is 33.6 Å². The summed E-state index contributed by atoms with van der Waals surface area (Å²) in [7, 11) is 0. The Morgan fingerprint density at radius 1 is 1.38 bits per heavy atom. The molecule has 0 fully saturated rings. The number of carbonyl (C=O) groups is 1. The first kappa shape index (κ1) is 15.2. The average molecular weight is 241 g/mol. The van der Waals surface area contributed by atoms with E-state index in [0.717, 1.165) is 0 Å². The molecule has 0 saturated heterocycles. The largest absolute Gasteiger partial charge is 0.464 e. The van der Waals surface area contributed by atoms with E-state index < -0.39 is 24.1 Å². The number of carbonyl (C=O) groups excluding carboxylic acids is 1. The summed E-state index contributed by atoms with van der Waals surface area (Å²) in [5.74, 6) is -1.70. The first-order chi connectivity index (χ1) is 7.19. The molecule has 2 atom stereocenters. The maximum Gasteiger partial charge on any atom is 0.417 e. The summed E-state index contributed by atoms with van der Waals surface area (Å²) in [6.07, 6.45) is -4.72. The molecule has 0 aromatic heterocycles. The van der Waals surface area contributed by atoms with E-state index in [2.05, 4.69) is 4.74 Å². The molecule has 0 spiro atoms. The van der Waals surface area contributed by atoms with E-state index in [4.69, 9.17) is 5.73 Å². The molecule has 0 bridgehead atoms. The standard InChI is InChI=1S/C10H18F3NO2/c1-4-7(3)6-9(14,10(11,12)13)8(15)16-5-2/h7H,4-6,14H2,1-3H3/t7-,9+/m0/s1. The van der Waals surface area contributed by atoms with Crippen LogP contribution in [-0.4, -0.2) is 24.3 Å². The van der Waals surface area contributed by atoms with Gasteiger partial charge < -0.3 is 10.5 Å². The number of ether oxygens (including phenoxy) is 1. The highest BCUT2D eigenvalue weighted by Gasteiger charge is 2.59. The maximum atomic E-state index is 12.7. The van der Waals surface area contributed by atoms with Gasteiger partial charge in [-0.05, 0) is 19.3 Å². The molecule has 16 heavy (non-hydrogen) atoms. The fourth-order valence-corrected chi connectivity index (χ4v) is 1.27. The predicted molar refractivity (Wildman–Crippen MR) is 53.7 cm³/mol. The topological polar surface area (TPSA) is 52.3 Å². The molecule has 96 valence electrons. The van der Waals surface area contributed by atoms with Crippen molar-refractivity contribution < 1.29 is 22.7 Å². The summed E-state index contributed by atoms with van der Waals surface area (Å²) in [6, 6.07) is 0. The Bertz CT molecular complexity index is 243. The molecule has 0 aromatic carbocycles. The van der Waals surface area contributed by atoms with Gasteiger partial charge in [0.15, 0.2) is 0 Å². The second-order valence-corrected chi connectivity index (χ2v) is 3.91. The third-order valence-corrected chi connectivity index (χ3v) is 2.51. The molecule has 0 unspecified atom stereocenters. The number of hydrogen-bond acceptors (Lipinski definition) is 3. The van der Waals surface area contributed by atoms with E-state index >= 15 is 0 Å². The van der Waals surface area contributed by atoms with Crippen molar-refractivity contribution in [3.8, 4) is 0 Å². The Morgan fingerprint density at radius 2 is 1.88 bits per heavy atom. The van der Waals surface area contributed by atoms with Crippen LogP contribution < -0.4 is 5.73 Å². The number of nitrogens with two attached hydrogens (primary N) is 1. The van der Waals surface area contributed by atoms with Crippen molar-refractivity contribution in [2.75, 3.05) is 6.61 Å². The van der Waals surface area contributed by atoms with E-state index in [1.807, 2.05) is 0 Å². The molecule has 0 aromatic rings. The molecule has 0 aliphatic carbocycles. The number of hydrogen-bond donors (Lipinski definition) is 1. The smallest absolute Gasteiger partial charge is 0.417 e. The molecule has 0 saturated carbocycles. The van der Waals surface area contributed by atoms with E-state index in [9.17, 15) is 18.0 Å². The van der Waals surface area contributed by atoms with Crippen LogP contribution in [0, 0.1) is 5.92 Å². The van der Waals surface area contributed by atoms with Crippen LogP contribution in [-0.2, 0) is 9.53 Å². The first-order valence-electron chi connectivity index (χ1n) is 5.21. The lowest BCUT2D eigenvalue weighted by atomic mass is 9.87. The molecule has 0 aliphatic heterocycles. The van der Waals surface area contributed by atoms with Crippen molar-refractivity contribution in [2.24, 2.45) is 11.7 Å². The Labute approximate surface area is 93.1 Å². The normalized spacial score (nSPS) is 17.7. The third-order valence-electron chi connectivity index (χ3n) is 2.51. The van der Waals surface area contributed by atoms with Crippen LogP contribution in [0.15, 0.2) is 0 Å². The van der Waals surface area contributed by atoms with Crippen LogP contribution in [0.3, 0.4) is 0 Å². The molecule has 6 heteroatoms. The Balaban J connectivity index is 4.97. The van der Waals surface area contributed by atoms with Crippen molar-refractivity contribution >= 4 is 5.97 Å². The molecule has 0 rings (SSSR count). The van der Waals surface area contributed by atoms with E-state index in [-0.39, 0.29) is 12.5 Å². The minimum Gasteiger partial charge on any atom is -0.464 e. The van der Waals surface area contributed by atoms with Gasteiger partial charge in [0.05, 0.1) is 6.61 Å². The number of rotatable bonds is 5. The monoisotopic (exact) mass is 241 g/mol. The van der Waals surface area contributed by atoms with Crippen LogP contribution >= 0.6 is 0 Å². The zero-order valence-electron chi connectivity index (χ0n) is 9.73. The lowest BCUT2D eigenvalue weighted by Crippen LogP contribution is -2.61. The summed E-state index contributed by atoms with van der Waals surface area (Å²) in [4.78, 5) is 11.3. The summed E-state index contributed by atoms with van der Waals surface area (Å²) < 4.78 is 42.6. The van der Waals surface area contributed by atoms with Crippen LogP contribution in [0.25, 0.3) is 0 Å². The van der Waals surface area contributed by atoms with Gasteiger partial charge in [0, 0.05) is 0 Å². The van der Waals surface area contributed by atoms with Gasteiger partial charge in [-0.3, -0.25) is 0 Å². The summed E-state index contributed by atoms with van der Waals surface area (Å²) in [5, 5.41) is 0. The maximum absolute atomic E-state index is 12.7. The quantitative estimate of drug-likeness (QED) is 0.751. The van der Waals surface area contributed by atoms with Crippen LogP contribution in [0.2, 0.25) is 0 Å². The van der Waals surface area contributed by atoms with Gasteiger partial charge in [-0.15, -0.1) is 0 Å². The SMILES string of the molecule is CCOC(=O)[C@](N)(C[C@@H](C)CC)C(F)(F)F. The van der Waals surface area contributed by atoms with E-state index in [1.165, 1.54) is 6.92 Å². The van der Waals surface area contributed by atoms with Crippen molar-refractivity contribution in [1.82, 2.24) is 0 Å². The second-order valence-electron chi connectivity index (χ2n) is 3.91. The number of halogens is 3. The average Bonchev–Trinajstić information content (AvgIpc) is 2.16. The third kappa shape index (κ3) is 3.37. The second kappa shape index (κ2) is 5.52. The fraction of sp³-hybridized carbons (Fsp3) is 0.900.